The first-order chi connectivity index (χ1) is 13.5. The van der Waals surface area contributed by atoms with E-state index in [9.17, 15) is 62.9 Å². The average molecular weight is 486 g/mol. The zero-order chi connectivity index (χ0) is 24.8. The number of aliphatic hydroxyl groups excluding tert-OH is 1. The summed E-state index contributed by atoms with van der Waals surface area (Å²) in [6.07, 6.45) is -33.7. The van der Waals surface area contributed by atoms with Crippen molar-refractivity contribution in [3.05, 3.63) is 12.2 Å². The molecule has 0 heterocycles. The summed E-state index contributed by atoms with van der Waals surface area (Å²) >= 11 is 0. The Morgan fingerprint density at radius 2 is 1.06 bits per heavy atom. The Labute approximate surface area is 167 Å². The normalized spacial score (nSPS) is 23.6. The van der Waals surface area contributed by atoms with E-state index in [-0.39, 0.29) is 0 Å². The summed E-state index contributed by atoms with van der Waals surface area (Å²) in [6, 6.07) is 0. The number of aliphatic hydroxyl groups is 2. The molecule has 1 atom stereocenters. The van der Waals surface area contributed by atoms with Crippen molar-refractivity contribution in [2.75, 3.05) is 0 Å². The second-order valence-corrected chi connectivity index (χ2v) is 7.36. The summed E-state index contributed by atoms with van der Waals surface area (Å²) in [7, 11) is 0. The van der Waals surface area contributed by atoms with E-state index in [4.69, 9.17) is 0 Å². The molecule has 0 spiro atoms. The van der Waals surface area contributed by atoms with Gasteiger partial charge >= 0.3 is 24.7 Å². The lowest BCUT2D eigenvalue weighted by Gasteiger charge is -2.48. The quantitative estimate of drug-likeness (QED) is 0.310. The minimum atomic E-state index is -6.28. The van der Waals surface area contributed by atoms with E-state index in [2.05, 4.69) is 11.3 Å². The molecule has 31 heavy (non-hydrogen) atoms. The van der Waals surface area contributed by atoms with Crippen LogP contribution in [0.25, 0.3) is 0 Å². The van der Waals surface area contributed by atoms with Gasteiger partial charge < -0.3 is 14.9 Å². The Balaban J connectivity index is 3.39. The maximum absolute atomic E-state index is 13.6. The van der Waals surface area contributed by atoms with Crippen molar-refractivity contribution in [1.82, 2.24) is 0 Å². The van der Waals surface area contributed by atoms with Gasteiger partial charge in [0, 0.05) is 11.8 Å². The van der Waals surface area contributed by atoms with Gasteiger partial charge in [-0.2, -0.15) is 52.7 Å². The lowest BCUT2D eigenvalue weighted by molar-refractivity contribution is -0.422. The summed E-state index contributed by atoms with van der Waals surface area (Å²) in [4.78, 5) is 0. The Morgan fingerprint density at radius 3 is 1.32 bits per heavy atom. The van der Waals surface area contributed by atoms with Crippen LogP contribution in [0.5, 0.6) is 0 Å². The first-order valence-corrected chi connectivity index (χ1v) is 8.54. The molecule has 0 aromatic carbocycles. The molecule has 0 radical (unpaired) electrons. The monoisotopic (exact) mass is 486 g/mol. The predicted octanol–water partition coefficient (Wildman–Crippen LogP) is 5.42. The van der Waals surface area contributed by atoms with Crippen LogP contribution >= 0.6 is 0 Å². The van der Waals surface area contributed by atoms with Crippen LogP contribution in [0.4, 0.5) is 52.7 Å². The molecule has 1 aliphatic carbocycles. The van der Waals surface area contributed by atoms with Gasteiger partial charge in [0.15, 0.2) is 6.29 Å². The molecule has 0 bridgehead atoms. The second-order valence-electron chi connectivity index (χ2n) is 7.36. The van der Waals surface area contributed by atoms with Crippen LogP contribution in [0.15, 0.2) is 12.2 Å². The molecule has 1 rings (SSSR count). The Morgan fingerprint density at radius 1 is 0.742 bits per heavy atom. The maximum Gasteiger partial charge on any atom is 0.426 e. The number of ether oxygens (including phenoxy) is 1. The molecule has 0 saturated heterocycles. The molecule has 0 aromatic rings. The van der Waals surface area contributed by atoms with Gasteiger partial charge in [-0.25, -0.2) is 0 Å². The van der Waals surface area contributed by atoms with Gasteiger partial charge in [0.1, 0.15) is 0 Å². The van der Waals surface area contributed by atoms with Gasteiger partial charge in [-0.05, 0) is 38.2 Å². The standard InChI is InChI=1S/C16H18F12O3/c1-7(2)10(29)31-12(15(23,24)25,16(26,27)28)9-5-3-8(4-6-9)11(30,13(17,18)19)14(20,21)22/h8-10,29-30H,1,3-6H2,2H3. The van der Waals surface area contributed by atoms with E-state index in [1.807, 2.05) is 0 Å². The molecule has 184 valence electrons. The highest BCUT2D eigenvalue weighted by Crippen LogP contribution is 2.58. The molecular weight excluding hydrogens is 468 g/mol. The van der Waals surface area contributed by atoms with E-state index in [1.54, 1.807) is 0 Å². The number of halogens is 12. The molecule has 1 aliphatic rings. The third-order valence-corrected chi connectivity index (χ3v) is 5.32. The number of hydrogen-bond acceptors (Lipinski definition) is 3. The first-order valence-electron chi connectivity index (χ1n) is 8.54. The number of rotatable bonds is 5. The number of hydrogen-bond donors (Lipinski definition) is 2. The SMILES string of the molecule is C=C(C)C(O)OC(C1CCC(C(O)(C(F)(F)F)C(F)(F)F)CC1)(C(F)(F)F)C(F)(F)F. The smallest absolute Gasteiger partial charge is 0.373 e. The van der Waals surface area contributed by atoms with Crippen LogP contribution in [0.1, 0.15) is 32.6 Å². The molecule has 15 heteroatoms. The molecule has 3 nitrogen and oxygen atoms in total. The van der Waals surface area contributed by atoms with Gasteiger partial charge in [-0.3, -0.25) is 0 Å². The molecule has 0 aromatic heterocycles. The van der Waals surface area contributed by atoms with Gasteiger partial charge in [-0.15, -0.1) is 0 Å². The Bertz CT molecular complexity index is 610. The van der Waals surface area contributed by atoms with Crippen molar-refractivity contribution in [1.29, 1.82) is 0 Å². The highest BCUT2D eigenvalue weighted by Gasteiger charge is 2.78. The highest BCUT2D eigenvalue weighted by atomic mass is 19.4. The molecule has 0 aliphatic heterocycles. The largest absolute Gasteiger partial charge is 0.426 e. The van der Waals surface area contributed by atoms with Crippen LogP contribution in [0.3, 0.4) is 0 Å². The summed E-state index contributed by atoms with van der Waals surface area (Å²) in [5, 5.41) is 18.8. The minimum Gasteiger partial charge on any atom is -0.373 e. The van der Waals surface area contributed by atoms with Crippen molar-refractivity contribution in [2.24, 2.45) is 11.8 Å². The summed E-state index contributed by atoms with van der Waals surface area (Å²) in [6.45, 7) is 3.79. The van der Waals surface area contributed by atoms with Gasteiger partial charge in [0.05, 0.1) is 0 Å². The summed E-state index contributed by atoms with van der Waals surface area (Å²) < 4.78 is 163. The van der Waals surface area contributed by atoms with Crippen LogP contribution in [0, 0.1) is 11.8 Å². The Hall–Kier alpha value is -1.22. The van der Waals surface area contributed by atoms with E-state index in [1.165, 1.54) is 0 Å². The third kappa shape index (κ3) is 4.77. The van der Waals surface area contributed by atoms with Crippen LogP contribution in [-0.2, 0) is 4.74 Å². The highest BCUT2D eigenvalue weighted by molar-refractivity contribution is 5.08. The lowest BCUT2D eigenvalue weighted by atomic mass is 9.67. The van der Waals surface area contributed by atoms with Gasteiger partial charge in [-0.1, -0.05) is 6.58 Å². The molecule has 0 amide bonds. The van der Waals surface area contributed by atoms with E-state index in [0.29, 0.717) is 0 Å². The molecule has 1 fully saturated rings. The average Bonchev–Trinajstić information content (AvgIpc) is 2.54. The lowest BCUT2D eigenvalue weighted by Crippen LogP contribution is -2.66. The second kappa shape index (κ2) is 8.28. The van der Waals surface area contributed by atoms with E-state index in [0.717, 1.165) is 6.92 Å². The zero-order valence-corrected chi connectivity index (χ0v) is 15.6. The minimum absolute atomic E-state index is 0.657. The van der Waals surface area contributed by atoms with Crippen molar-refractivity contribution < 1.29 is 67.6 Å². The number of alkyl halides is 12. The topological polar surface area (TPSA) is 49.7 Å². The van der Waals surface area contributed by atoms with E-state index >= 15 is 0 Å². The van der Waals surface area contributed by atoms with Gasteiger partial charge in [0.25, 0.3) is 11.2 Å². The van der Waals surface area contributed by atoms with Crippen molar-refractivity contribution in [2.45, 2.75) is 74.8 Å². The van der Waals surface area contributed by atoms with Crippen molar-refractivity contribution in [3.8, 4) is 0 Å². The summed E-state index contributed by atoms with van der Waals surface area (Å²) in [5.74, 6) is -5.43. The van der Waals surface area contributed by atoms with Gasteiger partial charge in [0.2, 0.25) is 0 Å². The third-order valence-electron chi connectivity index (χ3n) is 5.32. The van der Waals surface area contributed by atoms with E-state index < -0.39 is 85.3 Å². The van der Waals surface area contributed by atoms with Crippen molar-refractivity contribution in [3.63, 3.8) is 0 Å². The fraction of sp³-hybridized carbons (Fsp3) is 0.875. The van der Waals surface area contributed by atoms with Crippen molar-refractivity contribution >= 4 is 0 Å². The molecular formula is C16H18F12O3. The maximum atomic E-state index is 13.6. The molecule has 1 unspecified atom stereocenters. The fourth-order valence-electron chi connectivity index (χ4n) is 3.67. The van der Waals surface area contributed by atoms with Crippen LogP contribution in [0.2, 0.25) is 0 Å². The molecule has 2 N–H and O–H groups in total. The zero-order valence-electron chi connectivity index (χ0n) is 15.6. The molecule has 1 saturated carbocycles. The first kappa shape index (κ1) is 27.8. The fourth-order valence-corrected chi connectivity index (χ4v) is 3.67. The predicted molar refractivity (Wildman–Crippen MR) is 79.3 cm³/mol. The van der Waals surface area contributed by atoms with Crippen LogP contribution in [-0.4, -0.2) is 52.4 Å². The summed E-state index contributed by atoms with van der Waals surface area (Å²) in [5.41, 5.74) is -11.1. The van der Waals surface area contributed by atoms with Crippen LogP contribution < -0.4 is 0 Å². The Kier molecular flexibility index (Phi) is 7.43.